The third-order valence-corrected chi connectivity index (χ3v) is 6.57. The molecule has 4 rings (SSSR count). The van der Waals surface area contributed by atoms with Crippen LogP contribution < -0.4 is 15.0 Å². The number of amides is 1. The van der Waals surface area contributed by atoms with Crippen LogP contribution >= 0.6 is 0 Å². The van der Waals surface area contributed by atoms with Gasteiger partial charge in [0, 0.05) is 43.1 Å². The van der Waals surface area contributed by atoms with Crippen LogP contribution in [0.4, 0.5) is 10.1 Å². The van der Waals surface area contributed by atoms with E-state index in [-0.39, 0.29) is 23.7 Å². The summed E-state index contributed by atoms with van der Waals surface area (Å²) in [7, 11) is 0. The molecule has 1 aromatic carbocycles. The minimum Gasteiger partial charge on any atom is -0.475 e. The summed E-state index contributed by atoms with van der Waals surface area (Å²) in [6, 6.07) is 9.50. The summed E-state index contributed by atoms with van der Waals surface area (Å²) in [5.41, 5.74) is 1.57. The molecule has 0 aliphatic carbocycles. The van der Waals surface area contributed by atoms with Crippen molar-refractivity contribution in [3.63, 3.8) is 0 Å². The zero-order valence-corrected chi connectivity index (χ0v) is 20.0. The van der Waals surface area contributed by atoms with E-state index in [1.54, 1.807) is 24.4 Å². The van der Waals surface area contributed by atoms with Gasteiger partial charge < -0.3 is 25.0 Å². The summed E-state index contributed by atoms with van der Waals surface area (Å²) in [4.78, 5) is 21.9. The molecule has 2 fully saturated rings. The first-order chi connectivity index (χ1) is 16.4. The summed E-state index contributed by atoms with van der Waals surface area (Å²) in [6.07, 6.45) is 3.76. The number of ether oxygens (including phenoxy) is 1. The van der Waals surface area contributed by atoms with Crippen LogP contribution in [0.15, 0.2) is 42.6 Å². The molecule has 2 N–H and O–H groups in total. The largest absolute Gasteiger partial charge is 0.475 e. The van der Waals surface area contributed by atoms with Crippen LogP contribution in [0.2, 0.25) is 0 Å². The van der Waals surface area contributed by atoms with E-state index < -0.39 is 12.1 Å². The van der Waals surface area contributed by atoms with Gasteiger partial charge in [-0.1, -0.05) is 0 Å². The molecule has 2 aromatic rings. The Morgan fingerprint density at radius 2 is 1.91 bits per heavy atom. The van der Waals surface area contributed by atoms with Crippen molar-refractivity contribution in [1.29, 1.82) is 0 Å². The Balaban J connectivity index is 1.42. The molecule has 3 heterocycles. The number of aliphatic hydroxyl groups is 1. The molecular formula is C26H35FN4O3. The topological polar surface area (TPSA) is 77.9 Å². The molecule has 2 saturated heterocycles. The predicted molar refractivity (Wildman–Crippen MR) is 129 cm³/mol. The summed E-state index contributed by atoms with van der Waals surface area (Å²) in [5.74, 6) is 0.00560. The van der Waals surface area contributed by atoms with Crippen LogP contribution in [0.5, 0.6) is 5.88 Å². The van der Waals surface area contributed by atoms with E-state index >= 15 is 0 Å². The highest BCUT2D eigenvalue weighted by Crippen LogP contribution is 2.26. The first-order valence-electron chi connectivity index (χ1n) is 12.2. The number of anilines is 1. The van der Waals surface area contributed by atoms with E-state index in [2.05, 4.69) is 20.1 Å². The van der Waals surface area contributed by atoms with Gasteiger partial charge in [0.15, 0.2) is 0 Å². The van der Waals surface area contributed by atoms with Gasteiger partial charge in [0.05, 0.1) is 18.1 Å². The Kier molecular flexibility index (Phi) is 8.00. The second-order valence-corrected chi connectivity index (χ2v) is 9.57. The lowest BCUT2D eigenvalue weighted by molar-refractivity contribution is -0.126. The maximum absolute atomic E-state index is 13.3. The Morgan fingerprint density at radius 1 is 1.18 bits per heavy atom. The van der Waals surface area contributed by atoms with E-state index in [0.29, 0.717) is 24.5 Å². The number of pyridine rings is 1. The van der Waals surface area contributed by atoms with Crippen LogP contribution in [0.25, 0.3) is 0 Å². The summed E-state index contributed by atoms with van der Waals surface area (Å²) < 4.78 is 18.9. The molecule has 0 spiro atoms. The third-order valence-electron chi connectivity index (χ3n) is 6.57. The number of hydrogen-bond donors (Lipinski definition) is 2. The predicted octanol–water partition coefficient (Wildman–Crippen LogP) is 3.15. The van der Waals surface area contributed by atoms with Gasteiger partial charge in [-0.2, -0.15) is 0 Å². The van der Waals surface area contributed by atoms with Gasteiger partial charge in [-0.15, -0.1) is 0 Å². The van der Waals surface area contributed by atoms with Crippen molar-refractivity contribution < 1.29 is 19.0 Å². The summed E-state index contributed by atoms with van der Waals surface area (Å²) >= 11 is 0. The molecule has 2 unspecified atom stereocenters. The molecule has 2 aliphatic heterocycles. The molecule has 0 bridgehead atoms. The van der Waals surface area contributed by atoms with Gasteiger partial charge in [0.25, 0.3) is 0 Å². The van der Waals surface area contributed by atoms with Gasteiger partial charge in [-0.25, -0.2) is 9.37 Å². The van der Waals surface area contributed by atoms with Crippen LogP contribution in [-0.2, 0) is 4.79 Å². The molecule has 2 aliphatic rings. The first kappa shape index (κ1) is 24.4. The van der Waals surface area contributed by atoms with Crippen LogP contribution in [0.3, 0.4) is 0 Å². The number of hydrogen-bond acceptors (Lipinski definition) is 6. The number of carbonyl (C=O) groups is 1. The highest BCUT2D eigenvalue weighted by atomic mass is 19.1. The molecule has 34 heavy (non-hydrogen) atoms. The third kappa shape index (κ3) is 6.24. The fourth-order valence-electron chi connectivity index (χ4n) is 4.74. The van der Waals surface area contributed by atoms with Gasteiger partial charge in [-0.3, -0.25) is 4.79 Å². The highest BCUT2D eigenvalue weighted by molar-refractivity contribution is 5.80. The molecule has 8 heteroatoms. The zero-order valence-electron chi connectivity index (χ0n) is 20.0. The van der Waals surface area contributed by atoms with E-state index in [9.17, 15) is 14.3 Å². The standard InChI is InChI=1S/C26H35FN4O3/c1-18(2)34-24-10-5-19(15-28-24)25(32)23(17-30-12-3-4-13-30)29-26(33)20-11-14-31(16-20)22-8-6-21(27)7-9-22/h5-10,15,18,20,23,25,32H,3-4,11-14,16-17H2,1-2H3,(H,29,33)/t20-,23?,25?/m0/s1. The van der Waals surface area contributed by atoms with E-state index in [4.69, 9.17) is 4.74 Å². The minimum atomic E-state index is -0.875. The van der Waals surface area contributed by atoms with Gasteiger partial charge in [-0.05, 0) is 76.5 Å². The normalized spacial score (nSPS) is 20.5. The number of halogens is 1. The second kappa shape index (κ2) is 11.1. The smallest absolute Gasteiger partial charge is 0.225 e. The van der Waals surface area contributed by atoms with E-state index in [0.717, 1.165) is 44.6 Å². The van der Waals surface area contributed by atoms with Crippen LogP contribution in [-0.4, -0.2) is 65.8 Å². The van der Waals surface area contributed by atoms with Crippen molar-refractivity contribution in [2.45, 2.75) is 51.4 Å². The molecule has 7 nitrogen and oxygen atoms in total. The lowest BCUT2D eigenvalue weighted by Gasteiger charge is -2.29. The fourth-order valence-corrected chi connectivity index (χ4v) is 4.74. The quantitative estimate of drug-likeness (QED) is 0.586. The maximum atomic E-state index is 13.3. The van der Waals surface area contributed by atoms with Crippen molar-refractivity contribution in [1.82, 2.24) is 15.2 Å². The second-order valence-electron chi connectivity index (χ2n) is 9.57. The Morgan fingerprint density at radius 3 is 2.56 bits per heavy atom. The monoisotopic (exact) mass is 470 g/mol. The minimum absolute atomic E-state index is 0.0198. The number of aliphatic hydroxyl groups excluding tert-OH is 1. The lowest BCUT2D eigenvalue weighted by atomic mass is 10.0. The fraction of sp³-hybridized carbons (Fsp3) is 0.538. The lowest BCUT2D eigenvalue weighted by Crippen LogP contribution is -2.48. The van der Waals surface area contributed by atoms with E-state index in [1.807, 2.05) is 19.9 Å². The number of aromatic nitrogens is 1. The van der Waals surface area contributed by atoms with Crippen LogP contribution in [0.1, 0.15) is 44.8 Å². The average Bonchev–Trinajstić information content (AvgIpc) is 3.51. The van der Waals surface area contributed by atoms with Crippen molar-refractivity contribution in [3.8, 4) is 5.88 Å². The van der Waals surface area contributed by atoms with Crippen LogP contribution in [0, 0.1) is 11.7 Å². The molecule has 1 amide bonds. The summed E-state index contributed by atoms with van der Waals surface area (Å²) in [5, 5.41) is 14.3. The van der Waals surface area contributed by atoms with E-state index in [1.165, 1.54) is 12.1 Å². The number of benzene rings is 1. The Hall–Kier alpha value is -2.71. The number of rotatable bonds is 9. The molecule has 184 valence electrons. The molecular weight excluding hydrogens is 435 g/mol. The zero-order chi connectivity index (χ0) is 24.1. The molecule has 3 atom stereocenters. The van der Waals surface area contributed by atoms with Gasteiger partial charge in [0.2, 0.25) is 11.8 Å². The van der Waals surface area contributed by atoms with Gasteiger partial charge >= 0.3 is 0 Å². The maximum Gasteiger partial charge on any atom is 0.225 e. The number of nitrogens with zero attached hydrogens (tertiary/aromatic N) is 3. The Bertz CT molecular complexity index is 932. The highest BCUT2D eigenvalue weighted by Gasteiger charge is 2.33. The SMILES string of the molecule is CC(C)Oc1ccc(C(O)C(CN2CCCC2)NC(=O)[C@H]2CCN(c3ccc(F)cc3)C2)cn1. The van der Waals surface area contributed by atoms with Crippen molar-refractivity contribution >= 4 is 11.6 Å². The molecule has 1 aromatic heterocycles. The average molecular weight is 471 g/mol. The number of likely N-dealkylation sites (tertiary alicyclic amines) is 1. The molecule has 0 radical (unpaired) electrons. The van der Waals surface area contributed by atoms with Crippen molar-refractivity contribution in [2.75, 3.05) is 37.6 Å². The molecule has 0 saturated carbocycles. The summed E-state index contributed by atoms with van der Waals surface area (Å²) in [6.45, 7) is 7.72. The Labute approximate surface area is 200 Å². The van der Waals surface area contributed by atoms with Crippen molar-refractivity contribution in [3.05, 3.63) is 54.0 Å². The van der Waals surface area contributed by atoms with Gasteiger partial charge in [0.1, 0.15) is 11.9 Å². The van der Waals surface area contributed by atoms with Crippen molar-refractivity contribution in [2.24, 2.45) is 5.92 Å². The number of nitrogens with one attached hydrogen (secondary N) is 1. The first-order valence-corrected chi connectivity index (χ1v) is 12.2. The number of carbonyl (C=O) groups excluding carboxylic acids is 1.